The Morgan fingerprint density at radius 2 is 1.67 bits per heavy atom. The summed E-state index contributed by atoms with van der Waals surface area (Å²) in [5, 5.41) is 0. The van der Waals surface area contributed by atoms with Gasteiger partial charge in [0.15, 0.2) is 5.78 Å². The van der Waals surface area contributed by atoms with Crippen molar-refractivity contribution in [1.82, 2.24) is 9.80 Å². The van der Waals surface area contributed by atoms with E-state index < -0.39 is 0 Å². The van der Waals surface area contributed by atoms with Gasteiger partial charge < -0.3 is 9.64 Å². The highest BCUT2D eigenvalue weighted by Crippen LogP contribution is 2.39. The van der Waals surface area contributed by atoms with Gasteiger partial charge in [0.05, 0.1) is 0 Å². The van der Waals surface area contributed by atoms with Crippen LogP contribution in [0.3, 0.4) is 0 Å². The Bertz CT molecular complexity index is 805. The summed E-state index contributed by atoms with van der Waals surface area (Å²) in [5.41, 5.74) is 2.21. The fourth-order valence-corrected chi connectivity index (χ4v) is 5.04. The van der Waals surface area contributed by atoms with E-state index in [0.29, 0.717) is 24.5 Å². The number of nitrogens with zero attached hydrogens (tertiary/aromatic N) is 2. The number of likely N-dealkylation sites (N-methyl/N-ethyl adjacent to an activating group) is 1. The van der Waals surface area contributed by atoms with Gasteiger partial charge in [0.2, 0.25) is 0 Å². The molecule has 2 aliphatic heterocycles. The minimum Gasteiger partial charge on any atom is -0.492 e. The largest absolute Gasteiger partial charge is 0.492 e. The lowest BCUT2D eigenvalue weighted by atomic mass is 9.75. The van der Waals surface area contributed by atoms with Crippen LogP contribution in [0.25, 0.3) is 0 Å². The van der Waals surface area contributed by atoms with Gasteiger partial charge in [-0.15, -0.1) is 0 Å². The summed E-state index contributed by atoms with van der Waals surface area (Å²) >= 11 is 0. The van der Waals surface area contributed by atoms with Gasteiger partial charge in [-0.2, -0.15) is 0 Å². The number of rotatable bonds is 8. The quantitative estimate of drug-likeness (QED) is 0.598. The van der Waals surface area contributed by atoms with E-state index in [0.717, 1.165) is 37.2 Å². The second kappa shape index (κ2) is 9.76. The van der Waals surface area contributed by atoms with Crippen LogP contribution in [0, 0.1) is 5.92 Å². The topological polar surface area (TPSA) is 32.8 Å². The van der Waals surface area contributed by atoms with E-state index in [9.17, 15) is 4.79 Å². The molecule has 0 amide bonds. The van der Waals surface area contributed by atoms with Gasteiger partial charge in [-0.25, -0.2) is 0 Å². The van der Waals surface area contributed by atoms with E-state index in [-0.39, 0.29) is 5.92 Å². The minimum absolute atomic E-state index is 0.146. The maximum absolute atomic E-state index is 13.2. The normalized spacial score (nSPS) is 24.0. The molecule has 2 unspecified atom stereocenters. The number of ketones is 1. The number of Topliss-reactive ketones (excluding diaryl/α,β-unsaturated/α-hetero) is 1. The van der Waals surface area contributed by atoms with E-state index in [4.69, 9.17) is 4.74 Å². The summed E-state index contributed by atoms with van der Waals surface area (Å²) in [6, 6.07) is 19.6. The van der Waals surface area contributed by atoms with Gasteiger partial charge in [0, 0.05) is 36.7 Å². The van der Waals surface area contributed by atoms with Gasteiger partial charge in [-0.3, -0.25) is 9.69 Å². The Balaban J connectivity index is 1.37. The van der Waals surface area contributed by atoms with Crippen LogP contribution in [0.2, 0.25) is 0 Å². The van der Waals surface area contributed by atoms with Gasteiger partial charge in [-0.05, 0) is 69.6 Å². The average Bonchev–Trinajstić information content (AvgIpc) is 2.74. The average molecular weight is 407 g/mol. The monoisotopic (exact) mass is 406 g/mol. The lowest BCUT2D eigenvalue weighted by Crippen LogP contribution is -2.52. The van der Waals surface area contributed by atoms with Crippen molar-refractivity contribution in [3.8, 4) is 5.75 Å². The molecule has 4 rings (SSSR count). The molecule has 0 aliphatic carbocycles. The van der Waals surface area contributed by atoms with Crippen LogP contribution in [0.5, 0.6) is 5.75 Å². The van der Waals surface area contributed by atoms with Crippen LogP contribution in [-0.2, 0) is 6.54 Å². The first-order chi connectivity index (χ1) is 14.6. The Labute approximate surface area is 180 Å². The van der Waals surface area contributed by atoms with Crippen molar-refractivity contribution < 1.29 is 9.53 Å². The van der Waals surface area contributed by atoms with Gasteiger partial charge in [-0.1, -0.05) is 36.8 Å². The molecular formula is C26H34N2O2. The van der Waals surface area contributed by atoms with Crippen LogP contribution in [-0.4, -0.2) is 54.9 Å². The van der Waals surface area contributed by atoms with Crippen LogP contribution in [0.1, 0.15) is 48.0 Å². The predicted molar refractivity (Wildman–Crippen MR) is 121 cm³/mol. The standard InChI is InChI=1S/C26H34N2O2/c1-27(2)15-16-30-25-13-11-21(12-14-25)26(29)22-17-23-9-6-10-24(18-22)28(23)19-20-7-4-3-5-8-20/h3-5,7-8,11-14,22-24H,6,9-10,15-19H2,1-2H3. The van der Waals surface area contributed by atoms with E-state index in [1.54, 1.807) is 0 Å². The molecule has 2 aromatic carbocycles. The molecule has 2 aromatic rings. The number of fused-ring (bicyclic) bond motifs is 2. The molecule has 0 spiro atoms. The molecule has 30 heavy (non-hydrogen) atoms. The summed E-state index contributed by atoms with van der Waals surface area (Å²) in [5.74, 6) is 1.29. The SMILES string of the molecule is CN(C)CCOc1ccc(C(=O)C2CC3CCCC(C2)N3Cc2ccccc2)cc1. The van der Waals surface area contributed by atoms with Gasteiger partial charge in [0.1, 0.15) is 12.4 Å². The van der Waals surface area contributed by atoms with Crippen molar-refractivity contribution in [3.63, 3.8) is 0 Å². The molecule has 2 saturated heterocycles. The van der Waals surface area contributed by atoms with Crippen LogP contribution in [0.4, 0.5) is 0 Å². The summed E-state index contributed by atoms with van der Waals surface area (Å²) in [6.07, 6.45) is 5.70. The van der Waals surface area contributed by atoms with Gasteiger partial charge >= 0.3 is 0 Å². The predicted octanol–water partition coefficient (Wildman–Crippen LogP) is 4.64. The summed E-state index contributed by atoms with van der Waals surface area (Å²) in [7, 11) is 4.07. The third kappa shape index (κ3) is 5.11. The molecule has 2 fully saturated rings. The Morgan fingerprint density at radius 3 is 2.30 bits per heavy atom. The molecule has 160 valence electrons. The number of carbonyl (C=O) groups excluding carboxylic acids is 1. The highest BCUT2D eigenvalue weighted by molar-refractivity contribution is 5.98. The number of hydrogen-bond donors (Lipinski definition) is 0. The molecule has 2 aliphatic rings. The van der Waals surface area contributed by atoms with Crippen molar-refractivity contribution in [2.24, 2.45) is 5.92 Å². The third-order valence-corrected chi connectivity index (χ3v) is 6.65. The van der Waals surface area contributed by atoms with Crippen molar-refractivity contribution >= 4 is 5.78 Å². The highest BCUT2D eigenvalue weighted by atomic mass is 16.5. The smallest absolute Gasteiger partial charge is 0.166 e. The first-order valence-electron chi connectivity index (χ1n) is 11.3. The number of benzene rings is 2. The third-order valence-electron chi connectivity index (χ3n) is 6.65. The summed E-state index contributed by atoms with van der Waals surface area (Å²) in [6.45, 7) is 2.55. The number of ether oxygens (including phenoxy) is 1. The van der Waals surface area contributed by atoms with E-state index in [1.165, 1.54) is 24.8 Å². The van der Waals surface area contributed by atoms with Crippen LogP contribution >= 0.6 is 0 Å². The first-order valence-corrected chi connectivity index (χ1v) is 11.3. The maximum Gasteiger partial charge on any atom is 0.166 e. The molecule has 4 heteroatoms. The highest BCUT2D eigenvalue weighted by Gasteiger charge is 2.40. The second-order valence-electron chi connectivity index (χ2n) is 9.11. The fraction of sp³-hybridized carbons (Fsp3) is 0.500. The van der Waals surface area contributed by atoms with Crippen molar-refractivity contribution in [2.45, 2.75) is 50.7 Å². The maximum atomic E-state index is 13.2. The van der Waals surface area contributed by atoms with Crippen molar-refractivity contribution in [2.75, 3.05) is 27.2 Å². The van der Waals surface area contributed by atoms with E-state index >= 15 is 0 Å². The molecule has 2 bridgehead atoms. The molecule has 2 atom stereocenters. The number of piperidine rings is 2. The molecular weight excluding hydrogens is 372 g/mol. The lowest BCUT2D eigenvalue weighted by Gasteiger charge is -2.48. The molecule has 0 aromatic heterocycles. The molecule has 0 radical (unpaired) electrons. The molecule has 0 N–H and O–H groups in total. The number of carbonyl (C=O) groups is 1. The van der Waals surface area contributed by atoms with Crippen LogP contribution < -0.4 is 4.74 Å². The molecule has 2 heterocycles. The zero-order valence-electron chi connectivity index (χ0n) is 18.3. The van der Waals surface area contributed by atoms with Crippen LogP contribution in [0.15, 0.2) is 54.6 Å². The Kier molecular flexibility index (Phi) is 6.86. The second-order valence-corrected chi connectivity index (χ2v) is 9.11. The first kappa shape index (κ1) is 21.1. The number of hydrogen-bond acceptors (Lipinski definition) is 4. The fourth-order valence-electron chi connectivity index (χ4n) is 5.04. The zero-order valence-corrected chi connectivity index (χ0v) is 18.3. The minimum atomic E-state index is 0.146. The zero-order chi connectivity index (χ0) is 20.9. The lowest BCUT2D eigenvalue weighted by molar-refractivity contribution is 0.00906. The van der Waals surface area contributed by atoms with Crippen molar-refractivity contribution in [1.29, 1.82) is 0 Å². The molecule has 0 saturated carbocycles. The Morgan fingerprint density at radius 1 is 1.00 bits per heavy atom. The summed E-state index contributed by atoms with van der Waals surface area (Å²) < 4.78 is 5.77. The summed E-state index contributed by atoms with van der Waals surface area (Å²) in [4.78, 5) is 18.0. The van der Waals surface area contributed by atoms with Gasteiger partial charge in [0.25, 0.3) is 0 Å². The van der Waals surface area contributed by atoms with E-state index in [2.05, 4.69) is 40.1 Å². The molecule has 4 nitrogen and oxygen atoms in total. The van der Waals surface area contributed by atoms with E-state index in [1.807, 2.05) is 38.4 Å². The Hall–Kier alpha value is -2.17. The van der Waals surface area contributed by atoms with Crippen molar-refractivity contribution in [3.05, 3.63) is 65.7 Å².